The van der Waals surface area contributed by atoms with E-state index in [0.29, 0.717) is 16.4 Å². The van der Waals surface area contributed by atoms with E-state index in [1.54, 1.807) is 13.8 Å². The third-order valence-corrected chi connectivity index (χ3v) is 3.33. The molecule has 0 bridgehead atoms. The van der Waals surface area contributed by atoms with E-state index in [0.717, 1.165) is 0 Å². The lowest BCUT2D eigenvalue weighted by molar-refractivity contribution is 0.318. The average Bonchev–Trinajstić information content (AvgIpc) is 2.65. The summed E-state index contributed by atoms with van der Waals surface area (Å²) in [6.45, 7) is 3.49. The number of benzene rings is 1. The van der Waals surface area contributed by atoms with Crippen LogP contribution in [-0.4, -0.2) is 20.8 Å². The Morgan fingerprint density at radius 3 is 2.63 bits per heavy atom. The van der Waals surface area contributed by atoms with Gasteiger partial charge in [-0.15, -0.1) is 0 Å². The van der Waals surface area contributed by atoms with Crippen LogP contribution < -0.4 is 5.73 Å². The van der Waals surface area contributed by atoms with E-state index in [-0.39, 0.29) is 17.1 Å². The van der Waals surface area contributed by atoms with Crippen molar-refractivity contribution in [3.63, 3.8) is 0 Å². The van der Waals surface area contributed by atoms with Gasteiger partial charge in [0.25, 0.3) is 0 Å². The lowest BCUT2D eigenvalue weighted by Crippen LogP contribution is -2.14. The number of aromatic nitrogens is 2. The predicted molar refractivity (Wildman–Crippen MR) is 70.5 cm³/mol. The van der Waals surface area contributed by atoms with Crippen LogP contribution in [-0.2, 0) is 0 Å². The van der Waals surface area contributed by atoms with Gasteiger partial charge >= 0.3 is 0 Å². The van der Waals surface area contributed by atoms with Crippen molar-refractivity contribution >= 4 is 17.4 Å². The molecule has 0 spiro atoms. The van der Waals surface area contributed by atoms with E-state index in [1.165, 1.54) is 22.9 Å². The Labute approximate surface area is 114 Å². The fourth-order valence-corrected chi connectivity index (χ4v) is 1.87. The zero-order valence-electron chi connectivity index (χ0n) is 10.4. The van der Waals surface area contributed by atoms with Crippen molar-refractivity contribution in [3.05, 3.63) is 46.0 Å². The first-order chi connectivity index (χ1) is 8.95. The van der Waals surface area contributed by atoms with Gasteiger partial charge in [-0.25, -0.2) is 9.07 Å². The maximum absolute atomic E-state index is 14.1. The number of nitrogens with two attached hydrogens (primary N) is 1. The summed E-state index contributed by atoms with van der Waals surface area (Å²) in [5, 5.41) is 16.0. The highest BCUT2D eigenvalue weighted by atomic mass is 35.5. The van der Waals surface area contributed by atoms with Gasteiger partial charge in [-0.05, 0) is 32.0 Å². The number of oxime groups is 1. The molecule has 0 radical (unpaired) electrons. The van der Waals surface area contributed by atoms with Crippen LogP contribution >= 0.6 is 11.6 Å². The van der Waals surface area contributed by atoms with Crippen LogP contribution in [0, 0.1) is 19.7 Å². The fraction of sp³-hybridized carbons (Fsp3) is 0.167. The first-order valence-corrected chi connectivity index (χ1v) is 5.83. The maximum atomic E-state index is 14.1. The van der Waals surface area contributed by atoms with Crippen LogP contribution in [0.25, 0.3) is 5.69 Å². The quantitative estimate of drug-likeness (QED) is 0.384. The standard InChI is InChI=1S/C12H12ClFN4O/c1-6-11(13)7(2)18(16-6)10-4-3-8(5-9(10)14)12(15)17-19/h3-5,19H,1-2H3,(H2,15,17). The third kappa shape index (κ3) is 2.26. The molecule has 0 atom stereocenters. The predicted octanol–water partition coefficient (Wildman–Crippen LogP) is 2.38. The lowest BCUT2D eigenvalue weighted by atomic mass is 10.2. The van der Waals surface area contributed by atoms with Crippen molar-refractivity contribution < 1.29 is 9.60 Å². The normalized spacial score (nSPS) is 11.9. The molecule has 5 nitrogen and oxygen atoms in total. The number of halogens is 2. The number of amidine groups is 1. The number of aryl methyl sites for hydroxylation is 1. The van der Waals surface area contributed by atoms with Crippen LogP contribution in [0.5, 0.6) is 0 Å². The molecule has 3 N–H and O–H groups in total. The molecule has 0 fully saturated rings. The van der Waals surface area contributed by atoms with Crippen LogP contribution in [0.4, 0.5) is 4.39 Å². The second-order valence-corrected chi connectivity index (χ2v) is 4.43. The highest BCUT2D eigenvalue weighted by molar-refractivity contribution is 6.31. The summed E-state index contributed by atoms with van der Waals surface area (Å²) in [6.07, 6.45) is 0. The second kappa shape index (κ2) is 4.89. The van der Waals surface area contributed by atoms with Crippen molar-refractivity contribution in [1.29, 1.82) is 0 Å². The molecule has 0 saturated carbocycles. The highest BCUT2D eigenvalue weighted by Gasteiger charge is 2.14. The van der Waals surface area contributed by atoms with Gasteiger partial charge in [-0.3, -0.25) is 0 Å². The van der Waals surface area contributed by atoms with Gasteiger partial charge in [0.15, 0.2) is 5.84 Å². The SMILES string of the molecule is Cc1nn(-c2ccc(C(N)=NO)cc2F)c(C)c1Cl. The smallest absolute Gasteiger partial charge is 0.170 e. The van der Waals surface area contributed by atoms with Gasteiger partial charge in [0.2, 0.25) is 0 Å². The zero-order valence-corrected chi connectivity index (χ0v) is 11.1. The van der Waals surface area contributed by atoms with Crippen molar-refractivity contribution in [1.82, 2.24) is 9.78 Å². The summed E-state index contributed by atoms with van der Waals surface area (Å²) in [6, 6.07) is 4.21. The van der Waals surface area contributed by atoms with Crippen molar-refractivity contribution in [2.24, 2.45) is 10.9 Å². The van der Waals surface area contributed by atoms with E-state index in [2.05, 4.69) is 10.3 Å². The molecule has 2 aromatic rings. The number of rotatable bonds is 2. The van der Waals surface area contributed by atoms with E-state index in [4.69, 9.17) is 22.5 Å². The van der Waals surface area contributed by atoms with Crippen molar-refractivity contribution in [3.8, 4) is 5.69 Å². The molecule has 19 heavy (non-hydrogen) atoms. The van der Waals surface area contributed by atoms with Crippen molar-refractivity contribution in [2.75, 3.05) is 0 Å². The Morgan fingerprint density at radius 2 is 2.16 bits per heavy atom. The van der Waals surface area contributed by atoms with Gasteiger partial charge in [0.05, 0.1) is 16.4 Å². The first-order valence-electron chi connectivity index (χ1n) is 5.45. The molecule has 0 aliphatic rings. The number of hydrogen-bond acceptors (Lipinski definition) is 3. The van der Waals surface area contributed by atoms with Gasteiger partial charge in [0, 0.05) is 5.56 Å². The minimum Gasteiger partial charge on any atom is -0.409 e. The largest absolute Gasteiger partial charge is 0.409 e. The van der Waals surface area contributed by atoms with Crippen LogP contribution in [0.3, 0.4) is 0 Å². The minimum atomic E-state index is -0.536. The molecule has 0 saturated heterocycles. The van der Waals surface area contributed by atoms with E-state index in [1.807, 2.05) is 0 Å². The Kier molecular flexibility index (Phi) is 3.44. The molecule has 1 aromatic heterocycles. The highest BCUT2D eigenvalue weighted by Crippen LogP contribution is 2.24. The Hall–Kier alpha value is -2.08. The number of nitrogens with zero attached hydrogens (tertiary/aromatic N) is 3. The average molecular weight is 283 g/mol. The fourth-order valence-electron chi connectivity index (χ4n) is 1.75. The van der Waals surface area contributed by atoms with Crippen molar-refractivity contribution in [2.45, 2.75) is 13.8 Å². The minimum absolute atomic E-state index is 0.156. The van der Waals surface area contributed by atoms with E-state index in [9.17, 15) is 4.39 Å². The third-order valence-electron chi connectivity index (χ3n) is 2.78. The molecule has 2 rings (SSSR count). The van der Waals surface area contributed by atoms with E-state index >= 15 is 0 Å². The summed E-state index contributed by atoms with van der Waals surface area (Å²) < 4.78 is 15.5. The Morgan fingerprint density at radius 1 is 1.47 bits per heavy atom. The summed E-state index contributed by atoms with van der Waals surface area (Å²) in [4.78, 5) is 0. The van der Waals surface area contributed by atoms with Crippen LogP contribution in [0.1, 0.15) is 17.0 Å². The molecular weight excluding hydrogens is 271 g/mol. The molecular formula is C12H12ClFN4O. The molecule has 0 aliphatic carbocycles. The Balaban J connectivity index is 2.55. The summed E-state index contributed by atoms with van der Waals surface area (Å²) in [5.41, 5.74) is 7.21. The van der Waals surface area contributed by atoms with Crippen LogP contribution in [0.2, 0.25) is 5.02 Å². The monoisotopic (exact) mass is 282 g/mol. The molecule has 0 amide bonds. The molecule has 7 heteroatoms. The zero-order chi connectivity index (χ0) is 14.2. The van der Waals surface area contributed by atoms with Gasteiger partial charge in [0.1, 0.15) is 11.5 Å². The Bertz CT molecular complexity index is 666. The topological polar surface area (TPSA) is 76.4 Å². The van der Waals surface area contributed by atoms with Gasteiger partial charge < -0.3 is 10.9 Å². The molecule has 100 valence electrons. The van der Waals surface area contributed by atoms with Crippen LogP contribution in [0.15, 0.2) is 23.4 Å². The second-order valence-electron chi connectivity index (χ2n) is 4.05. The molecule has 0 unspecified atom stereocenters. The lowest BCUT2D eigenvalue weighted by Gasteiger charge is -2.07. The summed E-state index contributed by atoms with van der Waals surface area (Å²) in [5.74, 6) is -0.691. The first kappa shape index (κ1) is 13.4. The molecule has 0 aliphatic heterocycles. The summed E-state index contributed by atoms with van der Waals surface area (Å²) >= 11 is 6.03. The van der Waals surface area contributed by atoms with Gasteiger partial charge in [-0.2, -0.15) is 5.10 Å². The maximum Gasteiger partial charge on any atom is 0.170 e. The molecule has 1 heterocycles. The van der Waals surface area contributed by atoms with Gasteiger partial charge in [-0.1, -0.05) is 16.8 Å². The summed E-state index contributed by atoms with van der Waals surface area (Å²) in [7, 11) is 0. The van der Waals surface area contributed by atoms with E-state index < -0.39 is 5.82 Å². The molecule has 1 aromatic carbocycles. The number of hydrogen-bond donors (Lipinski definition) is 2.